The van der Waals surface area contributed by atoms with Crippen molar-refractivity contribution >= 4 is 17.3 Å². The molecule has 1 amide bonds. The zero-order valence-corrected chi connectivity index (χ0v) is 18.5. The highest BCUT2D eigenvalue weighted by molar-refractivity contribution is 5.78. The van der Waals surface area contributed by atoms with Gasteiger partial charge in [-0.2, -0.15) is 0 Å². The molecule has 1 fully saturated rings. The summed E-state index contributed by atoms with van der Waals surface area (Å²) in [5, 5.41) is 11.5. The van der Waals surface area contributed by atoms with Gasteiger partial charge in [0, 0.05) is 26.2 Å². The number of carbonyl (C=O) groups excluding carboxylic acids is 1. The lowest BCUT2D eigenvalue weighted by Crippen LogP contribution is -2.50. The van der Waals surface area contributed by atoms with E-state index in [1.54, 1.807) is 17.0 Å². The number of benzene rings is 2. The van der Waals surface area contributed by atoms with Gasteiger partial charge in [0.2, 0.25) is 0 Å². The number of piperazine rings is 1. The first-order valence-electron chi connectivity index (χ1n) is 10.4. The molecule has 1 saturated heterocycles. The summed E-state index contributed by atoms with van der Waals surface area (Å²) in [6, 6.07) is 10.9. The third-order valence-electron chi connectivity index (χ3n) is 5.49. The number of amides is 1. The molecule has 0 atom stereocenters. The fourth-order valence-corrected chi connectivity index (χ4v) is 3.71. The van der Waals surface area contributed by atoms with Crippen LogP contribution in [0.25, 0.3) is 0 Å². The molecule has 3 rings (SSSR count). The molecule has 0 radical (unpaired) electrons. The second-order valence-electron chi connectivity index (χ2n) is 7.96. The van der Waals surface area contributed by atoms with E-state index in [-0.39, 0.29) is 18.2 Å². The lowest BCUT2D eigenvalue weighted by Gasteiger charge is -2.35. The van der Waals surface area contributed by atoms with Crippen LogP contribution in [-0.2, 0) is 4.79 Å². The average Bonchev–Trinajstić information content (AvgIpc) is 2.76. The number of hydrogen-bond donors (Lipinski definition) is 0. The maximum atomic E-state index is 12.7. The van der Waals surface area contributed by atoms with Crippen LogP contribution >= 0.6 is 0 Å². The second-order valence-corrected chi connectivity index (χ2v) is 7.96. The Morgan fingerprint density at radius 1 is 1.13 bits per heavy atom. The zero-order valence-electron chi connectivity index (χ0n) is 18.5. The molecule has 1 aliphatic rings. The smallest absolute Gasteiger partial charge is 0.296 e. The van der Waals surface area contributed by atoms with E-state index >= 15 is 0 Å². The molecule has 2 aromatic rings. The normalized spacial score (nSPS) is 14.0. The number of hydrogen-bond acceptors (Lipinski definition) is 6. The van der Waals surface area contributed by atoms with Crippen LogP contribution < -0.4 is 14.4 Å². The molecular weight excluding hydrogens is 398 g/mol. The van der Waals surface area contributed by atoms with Crippen molar-refractivity contribution in [2.75, 3.05) is 44.8 Å². The number of nitro groups is 1. The Kier molecular flexibility index (Phi) is 6.99. The number of carbonyl (C=O) groups is 1. The quantitative estimate of drug-likeness (QED) is 0.494. The predicted molar refractivity (Wildman–Crippen MR) is 119 cm³/mol. The summed E-state index contributed by atoms with van der Waals surface area (Å²) in [6.45, 7) is 8.16. The van der Waals surface area contributed by atoms with Gasteiger partial charge in [-0.1, -0.05) is 26.0 Å². The number of rotatable bonds is 7. The minimum absolute atomic E-state index is 0.00289. The van der Waals surface area contributed by atoms with Gasteiger partial charge in [0.05, 0.1) is 18.1 Å². The van der Waals surface area contributed by atoms with Crippen LogP contribution in [0.1, 0.15) is 30.9 Å². The Labute approximate surface area is 182 Å². The fourth-order valence-electron chi connectivity index (χ4n) is 3.71. The van der Waals surface area contributed by atoms with Gasteiger partial charge in [-0.05, 0) is 42.2 Å². The molecule has 2 aromatic carbocycles. The summed E-state index contributed by atoms with van der Waals surface area (Å²) in [4.78, 5) is 27.4. The number of nitro benzene ring substituents is 1. The summed E-state index contributed by atoms with van der Waals surface area (Å²) in [5.41, 5.74) is 2.70. The average molecular weight is 428 g/mol. The van der Waals surface area contributed by atoms with Gasteiger partial charge in [-0.15, -0.1) is 0 Å². The summed E-state index contributed by atoms with van der Waals surface area (Å²) >= 11 is 0. The molecule has 166 valence electrons. The van der Waals surface area contributed by atoms with Crippen LogP contribution in [0.3, 0.4) is 0 Å². The second kappa shape index (κ2) is 9.68. The third-order valence-corrected chi connectivity index (χ3v) is 5.49. The van der Waals surface area contributed by atoms with Crippen molar-refractivity contribution in [1.29, 1.82) is 0 Å². The van der Waals surface area contributed by atoms with Gasteiger partial charge in [0.1, 0.15) is 17.2 Å². The van der Waals surface area contributed by atoms with E-state index in [4.69, 9.17) is 9.47 Å². The molecule has 0 spiro atoms. The molecular formula is C23H29N3O5. The van der Waals surface area contributed by atoms with Crippen LogP contribution in [0.4, 0.5) is 11.4 Å². The molecule has 0 unspecified atom stereocenters. The highest BCUT2D eigenvalue weighted by Crippen LogP contribution is 2.32. The first-order valence-corrected chi connectivity index (χ1v) is 10.4. The summed E-state index contributed by atoms with van der Waals surface area (Å²) in [6.07, 6.45) is 0. The van der Waals surface area contributed by atoms with Crippen LogP contribution in [0, 0.1) is 17.0 Å². The van der Waals surface area contributed by atoms with E-state index < -0.39 is 4.92 Å². The largest absolute Gasteiger partial charge is 0.496 e. The van der Waals surface area contributed by atoms with E-state index in [2.05, 4.69) is 13.8 Å². The lowest BCUT2D eigenvalue weighted by molar-refractivity contribution is -0.384. The molecule has 8 heteroatoms. The number of methoxy groups -OCH3 is 1. The van der Waals surface area contributed by atoms with E-state index in [1.807, 2.05) is 30.0 Å². The van der Waals surface area contributed by atoms with E-state index in [9.17, 15) is 14.9 Å². The lowest BCUT2D eigenvalue weighted by atomic mass is 10.0. The molecule has 0 bridgehead atoms. The predicted octanol–water partition coefficient (Wildman–Crippen LogP) is 3.76. The zero-order chi connectivity index (χ0) is 22.5. The van der Waals surface area contributed by atoms with E-state index in [0.29, 0.717) is 43.5 Å². The van der Waals surface area contributed by atoms with Crippen LogP contribution in [0.15, 0.2) is 36.4 Å². The van der Waals surface area contributed by atoms with Gasteiger partial charge in [0.25, 0.3) is 11.6 Å². The Hall–Kier alpha value is -3.29. The number of anilines is 1. The summed E-state index contributed by atoms with van der Waals surface area (Å²) < 4.78 is 11.0. The van der Waals surface area contributed by atoms with Crippen molar-refractivity contribution in [1.82, 2.24) is 4.90 Å². The van der Waals surface area contributed by atoms with Crippen molar-refractivity contribution < 1.29 is 19.2 Å². The van der Waals surface area contributed by atoms with Gasteiger partial charge in [0.15, 0.2) is 6.61 Å². The Balaban J connectivity index is 1.61. The van der Waals surface area contributed by atoms with E-state index in [0.717, 1.165) is 16.9 Å². The van der Waals surface area contributed by atoms with Crippen LogP contribution in [-0.4, -0.2) is 55.6 Å². The fraction of sp³-hybridized carbons (Fsp3) is 0.435. The summed E-state index contributed by atoms with van der Waals surface area (Å²) in [5.74, 6) is 1.41. The van der Waals surface area contributed by atoms with Crippen molar-refractivity contribution in [3.63, 3.8) is 0 Å². The first-order chi connectivity index (χ1) is 14.8. The van der Waals surface area contributed by atoms with Crippen molar-refractivity contribution in [2.45, 2.75) is 26.7 Å². The Morgan fingerprint density at radius 3 is 2.45 bits per heavy atom. The molecule has 8 nitrogen and oxygen atoms in total. The highest BCUT2D eigenvalue weighted by Gasteiger charge is 2.26. The minimum atomic E-state index is -0.405. The first kappa shape index (κ1) is 22.4. The van der Waals surface area contributed by atoms with Gasteiger partial charge < -0.3 is 19.3 Å². The molecule has 0 aliphatic carbocycles. The Morgan fingerprint density at radius 2 is 1.84 bits per heavy atom. The summed E-state index contributed by atoms with van der Waals surface area (Å²) in [7, 11) is 1.48. The molecule has 0 aromatic heterocycles. The van der Waals surface area contributed by atoms with Crippen LogP contribution in [0.5, 0.6) is 11.5 Å². The highest BCUT2D eigenvalue weighted by atomic mass is 16.6. The van der Waals surface area contributed by atoms with Gasteiger partial charge >= 0.3 is 0 Å². The number of nitrogens with zero attached hydrogens (tertiary/aromatic N) is 3. The Bertz CT molecular complexity index is 952. The molecule has 31 heavy (non-hydrogen) atoms. The standard InChI is InChI=1S/C23H29N3O5/c1-16(2)19-7-5-17(3)13-22(19)31-15-23(27)25-11-9-24(10-12-25)20-8-6-18(30-4)14-21(20)26(28)29/h5-8,13-14,16H,9-12,15H2,1-4H3. The number of aryl methyl sites for hydroxylation is 1. The van der Waals surface area contributed by atoms with Crippen molar-refractivity contribution in [3.8, 4) is 11.5 Å². The minimum Gasteiger partial charge on any atom is -0.496 e. The topological polar surface area (TPSA) is 85.2 Å². The molecule has 0 saturated carbocycles. The number of ether oxygens (including phenoxy) is 2. The SMILES string of the molecule is COc1ccc(N2CCN(C(=O)COc3cc(C)ccc3C(C)C)CC2)c([N+](=O)[O-])c1. The van der Waals surface area contributed by atoms with Crippen LogP contribution in [0.2, 0.25) is 0 Å². The van der Waals surface area contributed by atoms with Crippen molar-refractivity contribution in [2.24, 2.45) is 0 Å². The third kappa shape index (κ3) is 5.25. The molecule has 1 heterocycles. The monoisotopic (exact) mass is 427 g/mol. The van der Waals surface area contributed by atoms with Crippen molar-refractivity contribution in [3.05, 3.63) is 57.6 Å². The van der Waals surface area contributed by atoms with Gasteiger partial charge in [-0.3, -0.25) is 14.9 Å². The molecule has 1 aliphatic heterocycles. The maximum Gasteiger partial charge on any atom is 0.296 e. The molecule has 0 N–H and O–H groups in total. The maximum absolute atomic E-state index is 12.7. The van der Waals surface area contributed by atoms with Gasteiger partial charge in [-0.25, -0.2) is 0 Å². The van der Waals surface area contributed by atoms with E-state index in [1.165, 1.54) is 13.2 Å².